The van der Waals surface area contributed by atoms with Crippen molar-refractivity contribution in [3.8, 4) is 5.75 Å². The predicted octanol–water partition coefficient (Wildman–Crippen LogP) is 3.95. The van der Waals surface area contributed by atoms with Gasteiger partial charge in [0.2, 0.25) is 0 Å². The van der Waals surface area contributed by atoms with Crippen LogP contribution in [-0.2, 0) is 0 Å². The molecule has 0 saturated heterocycles. The number of ether oxygens (including phenoxy) is 1. The van der Waals surface area contributed by atoms with E-state index in [2.05, 4.69) is 10.1 Å². The molecule has 0 heterocycles. The Hall–Kier alpha value is -2.12. The lowest BCUT2D eigenvalue weighted by Crippen LogP contribution is -2.24. The van der Waals surface area contributed by atoms with Gasteiger partial charge in [-0.05, 0) is 42.3 Å². The first kappa shape index (κ1) is 18.2. The van der Waals surface area contributed by atoms with E-state index in [9.17, 15) is 22.7 Å². The van der Waals surface area contributed by atoms with E-state index in [-0.39, 0.29) is 18.3 Å². The standard InChI is InChI=1S/C17H17F4NO2/c1-10(12-4-7-14(18)15(19)8-12)22-9-16(23)11-2-5-13(6-3-11)24-17(20)21/h2-8,10,16-17,22-23H,9H2,1H3. The maximum absolute atomic E-state index is 13.2. The van der Waals surface area contributed by atoms with E-state index >= 15 is 0 Å². The first-order valence-electron chi connectivity index (χ1n) is 7.28. The highest BCUT2D eigenvalue weighted by Gasteiger charge is 2.13. The van der Waals surface area contributed by atoms with Crippen molar-refractivity contribution in [2.75, 3.05) is 6.54 Å². The van der Waals surface area contributed by atoms with Crippen LogP contribution in [0.2, 0.25) is 0 Å². The molecule has 130 valence electrons. The molecule has 0 radical (unpaired) electrons. The maximum atomic E-state index is 13.2. The van der Waals surface area contributed by atoms with Crippen molar-refractivity contribution in [2.45, 2.75) is 25.7 Å². The number of aliphatic hydroxyl groups is 1. The smallest absolute Gasteiger partial charge is 0.387 e. The normalized spacial score (nSPS) is 13.8. The zero-order valence-electron chi connectivity index (χ0n) is 12.8. The molecule has 0 aliphatic carbocycles. The molecule has 2 N–H and O–H groups in total. The summed E-state index contributed by atoms with van der Waals surface area (Å²) in [5, 5.41) is 13.1. The number of aliphatic hydroxyl groups excluding tert-OH is 1. The van der Waals surface area contributed by atoms with Gasteiger partial charge in [0, 0.05) is 12.6 Å². The Labute approximate surface area is 136 Å². The minimum Gasteiger partial charge on any atom is -0.435 e. The third-order valence-corrected chi connectivity index (χ3v) is 3.55. The van der Waals surface area contributed by atoms with Crippen molar-refractivity contribution in [3.05, 3.63) is 65.2 Å². The average molecular weight is 343 g/mol. The second kappa shape index (κ2) is 8.12. The van der Waals surface area contributed by atoms with E-state index in [1.807, 2.05) is 0 Å². The summed E-state index contributed by atoms with van der Waals surface area (Å²) in [6.45, 7) is -1.01. The Kier molecular flexibility index (Phi) is 6.16. The van der Waals surface area contributed by atoms with Crippen molar-refractivity contribution in [1.29, 1.82) is 0 Å². The van der Waals surface area contributed by atoms with Crippen LogP contribution in [0.1, 0.15) is 30.2 Å². The van der Waals surface area contributed by atoms with Crippen molar-refractivity contribution in [2.24, 2.45) is 0 Å². The van der Waals surface area contributed by atoms with E-state index in [0.717, 1.165) is 12.1 Å². The lowest BCUT2D eigenvalue weighted by atomic mass is 10.1. The summed E-state index contributed by atoms with van der Waals surface area (Å²) in [7, 11) is 0. The van der Waals surface area contributed by atoms with Crippen LogP contribution in [0.3, 0.4) is 0 Å². The number of rotatable bonds is 7. The van der Waals surface area contributed by atoms with E-state index in [0.29, 0.717) is 11.1 Å². The average Bonchev–Trinajstić information content (AvgIpc) is 2.55. The van der Waals surface area contributed by atoms with E-state index in [1.54, 1.807) is 6.92 Å². The zero-order valence-corrected chi connectivity index (χ0v) is 12.8. The second-order valence-corrected chi connectivity index (χ2v) is 5.27. The number of hydrogen-bond acceptors (Lipinski definition) is 3. The maximum Gasteiger partial charge on any atom is 0.387 e. The largest absolute Gasteiger partial charge is 0.435 e. The molecular weight excluding hydrogens is 326 g/mol. The minimum absolute atomic E-state index is 0.00376. The molecule has 2 rings (SSSR count). The molecule has 2 unspecified atom stereocenters. The van der Waals surface area contributed by atoms with Crippen molar-refractivity contribution >= 4 is 0 Å². The first-order chi connectivity index (χ1) is 11.4. The molecule has 0 amide bonds. The van der Waals surface area contributed by atoms with Crippen molar-refractivity contribution in [3.63, 3.8) is 0 Å². The number of hydrogen-bond donors (Lipinski definition) is 2. The summed E-state index contributed by atoms with van der Waals surface area (Å²) in [5.41, 5.74) is 1.06. The van der Waals surface area contributed by atoms with Crippen LogP contribution >= 0.6 is 0 Å². The van der Waals surface area contributed by atoms with Gasteiger partial charge in [0.05, 0.1) is 6.10 Å². The lowest BCUT2D eigenvalue weighted by Gasteiger charge is -2.18. The van der Waals surface area contributed by atoms with Gasteiger partial charge in [-0.3, -0.25) is 0 Å². The summed E-state index contributed by atoms with van der Waals surface area (Å²) in [6, 6.07) is 8.91. The highest BCUT2D eigenvalue weighted by Crippen LogP contribution is 2.20. The van der Waals surface area contributed by atoms with Gasteiger partial charge in [0.25, 0.3) is 0 Å². The molecule has 2 aromatic rings. The predicted molar refractivity (Wildman–Crippen MR) is 80.8 cm³/mol. The third kappa shape index (κ3) is 4.94. The fraction of sp³-hybridized carbons (Fsp3) is 0.294. The number of halogens is 4. The molecule has 0 saturated carbocycles. The van der Waals surface area contributed by atoms with Crippen molar-refractivity contribution in [1.82, 2.24) is 5.32 Å². The Morgan fingerprint density at radius 1 is 1.00 bits per heavy atom. The van der Waals surface area contributed by atoms with E-state index in [1.165, 1.54) is 30.3 Å². The molecule has 3 nitrogen and oxygen atoms in total. The molecule has 0 fully saturated rings. The second-order valence-electron chi connectivity index (χ2n) is 5.27. The Morgan fingerprint density at radius 3 is 2.21 bits per heavy atom. The highest BCUT2D eigenvalue weighted by molar-refractivity contribution is 5.29. The van der Waals surface area contributed by atoms with E-state index in [4.69, 9.17) is 0 Å². The molecule has 7 heteroatoms. The fourth-order valence-corrected chi connectivity index (χ4v) is 2.18. The van der Waals surface area contributed by atoms with Gasteiger partial charge in [-0.25, -0.2) is 8.78 Å². The van der Waals surface area contributed by atoms with Gasteiger partial charge in [0.1, 0.15) is 5.75 Å². The summed E-state index contributed by atoms with van der Waals surface area (Å²) in [5.74, 6) is -1.85. The van der Waals surface area contributed by atoms with Gasteiger partial charge < -0.3 is 15.2 Å². The van der Waals surface area contributed by atoms with Gasteiger partial charge in [0.15, 0.2) is 11.6 Å². The van der Waals surface area contributed by atoms with Crippen LogP contribution in [-0.4, -0.2) is 18.3 Å². The minimum atomic E-state index is -2.90. The molecule has 2 aromatic carbocycles. The van der Waals surface area contributed by atoms with Crippen LogP contribution in [0.5, 0.6) is 5.75 Å². The summed E-state index contributed by atoms with van der Waals surface area (Å²) in [4.78, 5) is 0. The molecule has 0 aliphatic rings. The van der Waals surface area contributed by atoms with Crippen molar-refractivity contribution < 1.29 is 27.4 Å². The van der Waals surface area contributed by atoms with Crippen LogP contribution in [0.4, 0.5) is 17.6 Å². The van der Waals surface area contributed by atoms with E-state index < -0.39 is 24.3 Å². The molecule has 0 aliphatic heterocycles. The SMILES string of the molecule is CC(NCC(O)c1ccc(OC(F)F)cc1)c1ccc(F)c(F)c1. The Morgan fingerprint density at radius 2 is 1.62 bits per heavy atom. The van der Waals surface area contributed by atoms with Gasteiger partial charge in [-0.1, -0.05) is 18.2 Å². The summed E-state index contributed by atoms with van der Waals surface area (Å²) >= 11 is 0. The Bertz CT molecular complexity index is 664. The van der Waals surface area contributed by atoms with Gasteiger partial charge in [-0.15, -0.1) is 0 Å². The first-order valence-corrected chi connectivity index (χ1v) is 7.28. The molecule has 0 spiro atoms. The van der Waals surface area contributed by atoms with Crippen LogP contribution in [0.25, 0.3) is 0 Å². The van der Waals surface area contributed by atoms with Gasteiger partial charge >= 0.3 is 6.61 Å². The topological polar surface area (TPSA) is 41.5 Å². The number of benzene rings is 2. The quantitative estimate of drug-likeness (QED) is 0.748. The molecule has 0 bridgehead atoms. The molecular formula is C17H17F4NO2. The summed E-state index contributed by atoms with van der Waals surface area (Å²) in [6.07, 6.45) is -0.890. The van der Waals surface area contributed by atoms with Crippen LogP contribution in [0.15, 0.2) is 42.5 Å². The lowest BCUT2D eigenvalue weighted by molar-refractivity contribution is -0.0498. The third-order valence-electron chi connectivity index (χ3n) is 3.55. The zero-order chi connectivity index (χ0) is 17.7. The van der Waals surface area contributed by atoms with Crippen LogP contribution in [0, 0.1) is 11.6 Å². The monoisotopic (exact) mass is 343 g/mol. The Balaban J connectivity index is 1.92. The summed E-state index contributed by atoms with van der Waals surface area (Å²) < 4.78 is 54.5. The van der Waals surface area contributed by atoms with Gasteiger partial charge in [-0.2, -0.15) is 8.78 Å². The molecule has 2 atom stereocenters. The molecule has 24 heavy (non-hydrogen) atoms. The highest BCUT2D eigenvalue weighted by atomic mass is 19.3. The molecule has 0 aromatic heterocycles. The van der Waals surface area contributed by atoms with Crippen LogP contribution < -0.4 is 10.1 Å². The fourth-order valence-electron chi connectivity index (χ4n) is 2.18. The number of nitrogens with one attached hydrogen (secondary N) is 1. The number of alkyl halides is 2.